The Labute approximate surface area is 113 Å². The predicted octanol–water partition coefficient (Wildman–Crippen LogP) is 0.713. The molecule has 1 fully saturated rings. The second-order valence-corrected chi connectivity index (χ2v) is 7.20. The molecular weight excluding hydrogens is 270 g/mol. The van der Waals surface area contributed by atoms with E-state index >= 15 is 0 Å². The molecular formula is C12H21NO5S. The first-order chi connectivity index (χ1) is 8.88. The van der Waals surface area contributed by atoms with Gasteiger partial charge in [-0.25, -0.2) is 13.2 Å². The first kappa shape index (κ1) is 15.9. The molecule has 1 saturated heterocycles. The summed E-state index contributed by atoms with van der Waals surface area (Å²) < 4.78 is 23.6. The molecule has 1 aliphatic heterocycles. The summed E-state index contributed by atoms with van der Waals surface area (Å²) in [5.41, 5.74) is 0. The van der Waals surface area contributed by atoms with E-state index in [-0.39, 0.29) is 12.2 Å². The molecule has 110 valence electrons. The first-order valence-corrected chi connectivity index (χ1v) is 8.34. The summed E-state index contributed by atoms with van der Waals surface area (Å²) >= 11 is 0. The van der Waals surface area contributed by atoms with Gasteiger partial charge < -0.3 is 10.4 Å². The lowest BCUT2D eigenvalue weighted by Crippen LogP contribution is -2.49. The third-order valence-electron chi connectivity index (χ3n) is 3.33. The topological polar surface area (TPSA) is 101 Å². The lowest BCUT2D eigenvalue weighted by atomic mass is 10.1. The molecule has 1 rings (SSSR count). The molecule has 0 radical (unpaired) electrons. The van der Waals surface area contributed by atoms with Crippen molar-refractivity contribution in [3.63, 3.8) is 0 Å². The van der Waals surface area contributed by atoms with Gasteiger partial charge >= 0.3 is 5.97 Å². The van der Waals surface area contributed by atoms with Gasteiger partial charge in [-0.2, -0.15) is 0 Å². The Morgan fingerprint density at radius 3 is 2.58 bits per heavy atom. The van der Waals surface area contributed by atoms with Crippen LogP contribution >= 0.6 is 0 Å². The quantitative estimate of drug-likeness (QED) is 0.750. The molecule has 0 saturated carbocycles. The smallest absolute Gasteiger partial charge is 0.326 e. The van der Waals surface area contributed by atoms with E-state index in [1.54, 1.807) is 0 Å². The first-order valence-electron chi connectivity index (χ1n) is 6.63. The van der Waals surface area contributed by atoms with E-state index in [4.69, 9.17) is 5.11 Å². The van der Waals surface area contributed by atoms with Crippen LogP contribution in [-0.4, -0.2) is 42.4 Å². The van der Waals surface area contributed by atoms with Crippen LogP contribution in [0.4, 0.5) is 0 Å². The number of carbonyl (C=O) groups is 2. The van der Waals surface area contributed by atoms with Crippen molar-refractivity contribution in [2.24, 2.45) is 0 Å². The molecule has 0 bridgehead atoms. The minimum absolute atomic E-state index is 0.0117. The zero-order chi connectivity index (χ0) is 14.5. The molecule has 19 heavy (non-hydrogen) atoms. The number of carboxylic acids is 1. The fourth-order valence-corrected chi connectivity index (χ4v) is 3.99. The lowest BCUT2D eigenvalue weighted by Gasteiger charge is -2.23. The van der Waals surface area contributed by atoms with Crippen molar-refractivity contribution in [3.05, 3.63) is 0 Å². The van der Waals surface area contributed by atoms with E-state index < -0.39 is 33.0 Å². The van der Waals surface area contributed by atoms with Crippen molar-refractivity contribution in [2.45, 2.75) is 56.7 Å². The van der Waals surface area contributed by atoms with Gasteiger partial charge in [-0.15, -0.1) is 0 Å². The number of rotatable bonds is 6. The Balaban J connectivity index is 2.68. The van der Waals surface area contributed by atoms with Gasteiger partial charge in [0.25, 0.3) is 0 Å². The van der Waals surface area contributed by atoms with E-state index in [1.165, 1.54) is 0 Å². The highest BCUT2D eigenvalue weighted by molar-refractivity contribution is 7.92. The third-order valence-corrected chi connectivity index (χ3v) is 5.51. The number of carboxylic acid groups (broad SMARTS) is 1. The summed E-state index contributed by atoms with van der Waals surface area (Å²) in [6, 6.07) is -0.996. The number of amides is 1. The minimum atomic E-state index is -3.42. The van der Waals surface area contributed by atoms with Crippen LogP contribution in [-0.2, 0) is 19.4 Å². The largest absolute Gasteiger partial charge is 0.480 e. The summed E-state index contributed by atoms with van der Waals surface area (Å²) in [5, 5.41) is 10.3. The Morgan fingerprint density at radius 1 is 1.37 bits per heavy atom. The summed E-state index contributed by atoms with van der Waals surface area (Å²) in [4.78, 5) is 23.0. The van der Waals surface area contributed by atoms with Gasteiger partial charge in [0.05, 0.1) is 5.75 Å². The third kappa shape index (κ3) is 4.49. The van der Waals surface area contributed by atoms with Gasteiger partial charge in [-0.3, -0.25) is 4.79 Å². The van der Waals surface area contributed by atoms with E-state index in [1.807, 2.05) is 6.92 Å². The number of carbonyl (C=O) groups excluding carboxylic acids is 1. The van der Waals surface area contributed by atoms with Gasteiger partial charge in [0.1, 0.15) is 11.3 Å². The van der Waals surface area contributed by atoms with Gasteiger partial charge in [0.15, 0.2) is 9.84 Å². The molecule has 2 N–H and O–H groups in total. The predicted molar refractivity (Wildman–Crippen MR) is 70.5 cm³/mol. The number of hydrogen-bond acceptors (Lipinski definition) is 4. The Hall–Kier alpha value is -1.11. The maximum absolute atomic E-state index is 11.9. The molecule has 1 amide bonds. The maximum atomic E-state index is 11.9. The number of sulfone groups is 1. The summed E-state index contributed by atoms with van der Waals surface area (Å²) in [5.74, 6) is -1.77. The minimum Gasteiger partial charge on any atom is -0.480 e. The molecule has 0 aromatic rings. The number of nitrogens with one attached hydrogen (secondary N) is 1. The average Bonchev–Trinajstić information content (AvgIpc) is 2.33. The zero-order valence-electron chi connectivity index (χ0n) is 11.1. The van der Waals surface area contributed by atoms with Crippen molar-refractivity contribution < 1.29 is 23.1 Å². The fourth-order valence-electron chi connectivity index (χ4n) is 2.18. The molecule has 0 spiro atoms. The summed E-state index contributed by atoms with van der Waals surface area (Å²) in [6.07, 6.45) is 3.36. The van der Waals surface area contributed by atoms with Crippen LogP contribution in [0.15, 0.2) is 0 Å². The second-order valence-electron chi connectivity index (χ2n) is 4.89. The molecule has 1 heterocycles. The Morgan fingerprint density at radius 2 is 2.05 bits per heavy atom. The van der Waals surface area contributed by atoms with E-state index in [0.29, 0.717) is 25.7 Å². The molecule has 6 nitrogen and oxygen atoms in total. The normalized spacial score (nSPS) is 23.5. The van der Waals surface area contributed by atoms with Crippen LogP contribution in [0, 0.1) is 0 Å². The van der Waals surface area contributed by atoms with Crippen LogP contribution in [0.3, 0.4) is 0 Å². The van der Waals surface area contributed by atoms with Crippen molar-refractivity contribution >= 4 is 21.7 Å². The SMILES string of the molecule is CCCC[C@H](NC(=O)C1CCCCS1(=O)=O)C(=O)O. The van der Waals surface area contributed by atoms with E-state index in [2.05, 4.69) is 5.32 Å². The monoisotopic (exact) mass is 291 g/mol. The molecule has 2 atom stereocenters. The van der Waals surface area contributed by atoms with Gasteiger partial charge in [-0.1, -0.05) is 26.2 Å². The molecule has 0 aliphatic carbocycles. The molecule has 1 unspecified atom stereocenters. The van der Waals surface area contributed by atoms with E-state index in [0.717, 1.165) is 6.42 Å². The molecule has 0 aromatic carbocycles. The zero-order valence-corrected chi connectivity index (χ0v) is 11.9. The second kappa shape index (κ2) is 6.88. The van der Waals surface area contributed by atoms with Gasteiger partial charge in [-0.05, 0) is 19.3 Å². The Bertz CT molecular complexity index is 431. The van der Waals surface area contributed by atoms with Crippen LogP contribution in [0.25, 0.3) is 0 Å². The van der Waals surface area contributed by atoms with Gasteiger partial charge in [0, 0.05) is 0 Å². The van der Waals surface area contributed by atoms with Crippen LogP contribution < -0.4 is 5.32 Å². The Kier molecular flexibility index (Phi) is 5.78. The average molecular weight is 291 g/mol. The lowest BCUT2D eigenvalue weighted by molar-refractivity contribution is -0.142. The summed E-state index contributed by atoms with van der Waals surface area (Å²) in [7, 11) is -3.42. The van der Waals surface area contributed by atoms with Crippen LogP contribution in [0.5, 0.6) is 0 Å². The van der Waals surface area contributed by atoms with E-state index in [9.17, 15) is 18.0 Å². The molecule has 1 aliphatic rings. The highest BCUT2D eigenvalue weighted by Crippen LogP contribution is 2.20. The number of aliphatic carboxylic acids is 1. The summed E-state index contributed by atoms with van der Waals surface area (Å²) in [6.45, 7) is 1.92. The number of hydrogen-bond donors (Lipinski definition) is 2. The maximum Gasteiger partial charge on any atom is 0.326 e. The molecule has 0 aromatic heterocycles. The van der Waals surface area contributed by atoms with Crippen molar-refractivity contribution in [3.8, 4) is 0 Å². The van der Waals surface area contributed by atoms with Crippen LogP contribution in [0.1, 0.15) is 45.4 Å². The van der Waals surface area contributed by atoms with Crippen LogP contribution in [0.2, 0.25) is 0 Å². The van der Waals surface area contributed by atoms with Crippen molar-refractivity contribution in [1.82, 2.24) is 5.32 Å². The number of unbranched alkanes of at least 4 members (excludes halogenated alkanes) is 1. The highest BCUT2D eigenvalue weighted by Gasteiger charge is 2.36. The van der Waals surface area contributed by atoms with Gasteiger partial charge in [0.2, 0.25) is 5.91 Å². The fraction of sp³-hybridized carbons (Fsp3) is 0.833. The molecule has 7 heteroatoms. The standard InChI is InChI=1S/C12H21NO5S/c1-2-3-6-9(12(15)16)13-11(14)10-7-4-5-8-19(10,17)18/h9-10H,2-8H2,1H3,(H,13,14)(H,15,16)/t9-,10?/m0/s1. The van der Waals surface area contributed by atoms with Crippen molar-refractivity contribution in [1.29, 1.82) is 0 Å². The van der Waals surface area contributed by atoms with Crippen molar-refractivity contribution in [2.75, 3.05) is 5.75 Å². The highest BCUT2D eigenvalue weighted by atomic mass is 32.2.